The van der Waals surface area contributed by atoms with Gasteiger partial charge >= 0.3 is 29.8 Å². The Bertz CT molecular complexity index is 3530. The van der Waals surface area contributed by atoms with Crippen molar-refractivity contribution in [1.29, 1.82) is 0 Å². The molecular weight excluding hydrogens is 1370 g/mol. The van der Waals surface area contributed by atoms with E-state index in [1.807, 2.05) is 0 Å². The number of para-hydroxylation sites is 1. The summed E-state index contributed by atoms with van der Waals surface area (Å²) < 4.78 is 0. The molecule has 22 N–H and O–H groups in total. The molecule has 8 atom stereocenters. The van der Waals surface area contributed by atoms with E-state index >= 15 is 0 Å². The number of aromatic nitrogens is 3. The number of aliphatic hydroxyl groups excluding tert-OH is 1. The van der Waals surface area contributed by atoms with E-state index in [2.05, 4.69) is 62.5 Å². The van der Waals surface area contributed by atoms with Gasteiger partial charge in [-0.15, -0.1) is 0 Å². The van der Waals surface area contributed by atoms with Crippen LogP contribution in [0.5, 0.6) is 0 Å². The van der Waals surface area contributed by atoms with Crippen LogP contribution >= 0.6 is 0 Å². The average Bonchev–Trinajstić information content (AvgIpc) is 1.78. The van der Waals surface area contributed by atoms with Crippen LogP contribution in [0.25, 0.3) is 10.9 Å². The predicted molar refractivity (Wildman–Crippen MR) is 378 cm³/mol. The second kappa shape index (κ2) is 44.8. The Hall–Kier alpha value is -10.7. The first kappa shape index (κ1) is 85.0. The number of imidazole rings is 1. The van der Waals surface area contributed by atoms with Gasteiger partial charge < -0.3 is 100 Å². The summed E-state index contributed by atoms with van der Waals surface area (Å²) in [6.07, 6.45) is 3.66. The van der Waals surface area contributed by atoms with Crippen LogP contribution in [0, 0.1) is 0 Å². The molecule has 0 spiro atoms. The molecule has 105 heavy (non-hydrogen) atoms. The van der Waals surface area contributed by atoms with Crippen molar-refractivity contribution in [3.05, 3.63) is 90.1 Å². The number of aliphatic hydroxyl groups is 1. The van der Waals surface area contributed by atoms with Gasteiger partial charge in [0.2, 0.25) is 47.3 Å². The summed E-state index contributed by atoms with van der Waals surface area (Å²) in [5.74, 6) is -14.7. The zero-order valence-corrected chi connectivity index (χ0v) is 58.5. The van der Waals surface area contributed by atoms with Crippen LogP contribution in [0.15, 0.2) is 78.3 Å². The Balaban J connectivity index is 1.38. The Morgan fingerprint density at radius 2 is 0.943 bits per heavy atom. The van der Waals surface area contributed by atoms with Gasteiger partial charge in [-0.1, -0.05) is 68.3 Å². The number of fused-ring (bicyclic) bond motifs is 1. The van der Waals surface area contributed by atoms with Crippen LogP contribution in [0.2, 0.25) is 0 Å². The number of guanidine groups is 1. The molecule has 0 saturated carbocycles. The van der Waals surface area contributed by atoms with Gasteiger partial charge in [0, 0.05) is 107 Å². The minimum Gasteiger partial charge on any atom is -0.481 e. The minimum atomic E-state index is -1.97. The van der Waals surface area contributed by atoms with E-state index in [1.165, 1.54) is 22.3 Å². The second-order valence-corrected chi connectivity index (χ2v) is 25.4. The molecule has 3 heterocycles. The fraction of sp³-hybridized carbons (Fsp3) is 0.537. The molecule has 0 bridgehead atoms. The van der Waals surface area contributed by atoms with Crippen LogP contribution in [0.1, 0.15) is 81.5 Å². The molecular formula is C67H99N19O19. The van der Waals surface area contributed by atoms with Gasteiger partial charge in [-0.05, 0) is 62.3 Å². The summed E-state index contributed by atoms with van der Waals surface area (Å²) in [5, 5.41) is 80.6. The molecule has 38 heteroatoms. The van der Waals surface area contributed by atoms with Crippen molar-refractivity contribution in [2.75, 3.05) is 98.2 Å². The number of rotatable bonds is 44. The molecule has 4 aromatic rings. The Morgan fingerprint density at radius 3 is 1.43 bits per heavy atom. The molecule has 0 radical (unpaired) electrons. The zero-order valence-electron chi connectivity index (χ0n) is 58.5. The third kappa shape index (κ3) is 31.1. The smallest absolute Gasteiger partial charge is 0.326 e. The van der Waals surface area contributed by atoms with Crippen molar-refractivity contribution in [1.82, 2.24) is 77.1 Å². The monoisotopic (exact) mass is 1470 g/mol. The standard InChI is InChI=1S/C67H99N19O19/c1-2-3-15-46(77-65(103)53(39-87)75-54(88)35-83-21-23-84(36-56(91)92)25-27-86(38-58(95)96)28-26-85(24-22-83)37-57(93)94)59(97)82-52(32-55(89)90)64(102)81-51(31-43-34-71-40-74-43)63(101)79-49(29-41-12-5-4-6-13-41)61(99)76-47(18-11-20-72-67(69)70)60(98)80-50(30-42-33-73-45-16-8-7-14-44(42)45)62(100)78-48(66(104)105)17-9-10-19-68/h4-8,12-14,16,33-34,40,46-53,73,87H,2-3,9-11,15,17-32,35-39,68H2,1H3,(H,71,74)(H,75,88)(H,76,99)(H,77,103)(H,78,100)(H,79,101)(H,80,98)(H,81,102)(H,82,97)(H,89,90)(H,91,92)(H,93,94)(H,95,96)(H,104,105)(H4,69,70,72)/t46-,47-,48-,49-,50-,51-,52-,53-/m0/s1. The molecule has 1 aliphatic heterocycles. The van der Waals surface area contributed by atoms with E-state index in [-0.39, 0.29) is 135 Å². The van der Waals surface area contributed by atoms with Crippen molar-refractivity contribution in [2.24, 2.45) is 22.2 Å². The lowest BCUT2D eigenvalue weighted by molar-refractivity contribution is -0.142. The topological polar surface area (TPSA) is 587 Å². The van der Waals surface area contributed by atoms with Gasteiger partial charge in [0.25, 0.3) is 0 Å². The molecule has 0 unspecified atom stereocenters. The fourth-order valence-electron chi connectivity index (χ4n) is 11.5. The van der Waals surface area contributed by atoms with Crippen LogP contribution in [0.3, 0.4) is 0 Å². The first-order valence-corrected chi connectivity index (χ1v) is 34.5. The van der Waals surface area contributed by atoms with Crippen LogP contribution in [-0.2, 0) is 81.6 Å². The maximum Gasteiger partial charge on any atom is 0.326 e. The summed E-state index contributed by atoms with van der Waals surface area (Å²) in [6, 6.07) is 2.62. The number of carboxylic acid groups (broad SMARTS) is 5. The number of nitrogens with zero attached hydrogens (tertiary/aromatic N) is 6. The molecule has 2 aromatic carbocycles. The summed E-state index contributed by atoms with van der Waals surface area (Å²) in [4.78, 5) is 196. The first-order valence-electron chi connectivity index (χ1n) is 34.5. The lowest BCUT2D eigenvalue weighted by Crippen LogP contribution is -2.61. The number of carbonyl (C=O) groups excluding carboxylic acids is 8. The number of amides is 8. The first-order chi connectivity index (χ1) is 50.1. The highest BCUT2D eigenvalue weighted by Gasteiger charge is 2.37. The number of nitrogens with one attached hydrogen (secondary N) is 10. The van der Waals surface area contributed by atoms with E-state index in [1.54, 1.807) is 77.5 Å². The molecule has 1 aliphatic rings. The fourth-order valence-corrected chi connectivity index (χ4v) is 11.5. The molecule has 576 valence electrons. The maximum absolute atomic E-state index is 14.9. The number of hydrogen-bond acceptors (Lipinski definition) is 21. The van der Waals surface area contributed by atoms with Gasteiger partial charge in [0.05, 0.1) is 45.5 Å². The van der Waals surface area contributed by atoms with E-state index in [0.29, 0.717) is 41.3 Å². The quantitative estimate of drug-likeness (QED) is 0.0112. The van der Waals surface area contributed by atoms with E-state index < -0.39 is 158 Å². The summed E-state index contributed by atoms with van der Waals surface area (Å²) >= 11 is 0. The summed E-state index contributed by atoms with van der Waals surface area (Å²) in [6.45, 7) is -0.117. The van der Waals surface area contributed by atoms with Crippen molar-refractivity contribution >= 4 is 94.0 Å². The zero-order chi connectivity index (χ0) is 77.0. The third-order valence-electron chi connectivity index (χ3n) is 17.1. The Morgan fingerprint density at radius 1 is 0.495 bits per heavy atom. The van der Waals surface area contributed by atoms with Crippen molar-refractivity contribution in [3.8, 4) is 0 Å². The van der Waals surface area contributed by atoms with Crippen molar-refractivity contribution in [3.63, 3.8) is 0 Å². The summed E-state index contributed by atoms with van der Waals surface area (Å²) in [5.41, 5.74) is 18.9. The molecule has 8 amide bonds. The van der Waals surface area contributed by atoms with Gasteiger partial charge in [-0.25, -0.2) is 9.78 Å². The minimum absolute atomic E-state index is 0.0200. The maximum atomic E-state index is 14.9. The van der Waals surface area contributed by atoms with Crippen LogP contribution < -0.4 is 59.7 Å². The molecule has 38 nitrogen and oxygen atoms in total. The van der Waals surface area contributed by atoms with E-state index in [9.17, 15) is 93.0 Å². The number of nitrogens with two attached hydrogens (primary N) is 3. The van der Waals surface area contributed by atoms with Gasteiger partial charge in [-0.3, -0.25) is 82.1 Å². The highest BCUT2D eigenvalue weighted by molar-refractivity contribution is 5.99. The third-order valence-corrected chi connectivity index (χ3v) is 17.1. The lowest BCUT2D eigenvalue weighted by atomic mass is 10.0. The number of unbranched alkanes of at least 4 members (excludes halogenated alkanes) is 2. The Labute approximate surface area is 604 Å². The predicted octanol–water partition coefficient (Wildman–Crippen LogP) is -4.80. The number of aliphatic imine (C=N–C) groups is 1. The van der Waals surface area contributed by atoms with E-state index in [0.717, 1.165) is 0 Å². The molecule has 5 rings (SSSR count). The second-order valence-electron chi connectivity index (χ2n) is 25.4. The van der Waals surface area contributed by atoms with Crippen LogP contribution in [0.4, 0.5) is 0 Å². The number of aromatic amines is 2. The summed E-state index contributed by atoms with van der Waals surface area (Å²) in [7, 11) is 0. The highest BCUT2D eigenvalue weighted by Crippen LogP contribution is 2.20. The molecule has 1 fully saturated rings. The van der Waals surface area contributed by atoms with Crippen molar-refractivity contribution < 1.29 is 93.0 Å². The Kier molecular flexibility index (Phi) is 36.2. The molecule has 0 aliphatic carbocycles. The highest BCUT2D eigenvalue weighted by atomic mass is 16.4. The number of H-pyrrole nitrogens is 2. The lowest BCUT2D eigenvalue weighted by Gasteiger charge is -2.33. The number of hydrogen-bond donors (Lipinski definition) is 19. The largest absolute Gasteiger partial charge is 0.481 e. The van der Waals surface area contributed by atoms with Crippen molar-refractivity contribution in [2.45, 2.75) is 132 Å². The number of carbonyl (C=O) groups is 13. The number of benzene rings is 2. The normalized spacial score (nSPS) is 15.7. The molecule has 1 saturated heterocycles. The number of aliphatic carboxylic acids is 5. The average molecular weight is 1470 g/mol. The van der Waals surface area contributed by atoms with E-state index in [4.69, 9.17) is 17.2 Å². The van der Waals surface area contributed by atoms with Gasteiger partial charge in [0.1, 0.15) is 48.3 Å². The van der Waals surface area contributed by atoms with Gasteiger partial charge in [-0.2, -0.15) is 0 Å². The SMILES string of the molecule is CCCC[C@H](NC(=O)[C@H](CO)NC(=O)CN1CCN(CC(=O)O)CCN(CC(=O)O)CCN(CC(=O)O)CC1)C(=O)N[C@@H](CC(=O)O)C(=O)N[C@@H](Cc1cnc[nH]1)C(=O)N[C@@H](Cc1ccccc1)C(=O)N[C@@H](CCCN=C(N)N)C(=O)N[C@@H](Cc1c[nH]c2ccccc12)C(=O)N[C@@H](CCCCN)C(=O)O. The number of carboxylic acids is 5. The molecule has 2 aromatic heterocycles. The van der Waals surface area contributed by atoms with Crippen LogP contribution in [-0.4, -0.2) is 295 Å². The van der Waals surface area contributed by atoms with Gasteiger partial charge in [0.15, 0.2) is 5.96 Å².